The maximum atomic E-state index is 6.15. The lowest BCUT2D eigenvalue weighted by Gasteiger charge is -2.32. The summed E-state index contributed by atoms with van der Waals surface area (Å²) >= 11 is 0. The summed E-state index contributed by atoms with van der Waals surface area (Å²) in [5, 5.41) is 11.9. The molecule has 0 spiro atoms. The molecule has 0 aliphatic carbocycles. The minimum Gasteiger partial charge on any atom is -0.453 e. The summed E-state index contributed by atoms with van der Waals surface area (Å²) in [6.07, 6.45) is 0. The van der Waals surface area contributed by atoms with Crippen LogP contribution in [0.1, 0.15) is 0 Å². The number of ether oxygens (including phenoxy) is 1. The van der Waals surface area contributed by atoms with Crippen LogP contribution in [0.5, 0.6) is 11.5 Å². The molecule has 1 aliphatic heterocycles. The van der Waals surface area contributed by atoms with Gasteiger partial charge in [-0.15, -0.1) is 15.0 Å². The average Bonchev–Trinajstić information content (AvgIpc) is 3.30. The zero-order valence-electron chi connectivity index (χ0n) is 17.6. The van der Waals surface area contributed by atoms with Gasteiger partial charge in [-0.1, -0.05) is 60.7 Å². The molecule has 2 heterocycles. The SMILES string of the molecule is c1ccc2c(c1)Oc1ccccc1N2c1ccc2nn(-c3cccc4ccccc34)nc2c1. The van der Waals surface area contributed by atoms with Crippen LogP contribution in [0.25, 0.3) is 27.5 Å². The summed E-state index contributed by atoms with van der Waals surface area (Å²) in [4.78, 5) is 3.95. The number of aromatic nitrogens is 3. The van der Waals surface area contributed by atoms with E-state index >= 15 is 0 Å². The molecule has 0 saturated heterocycles. The molecule has 5 aromatic carbocycles. The van der Waals surface area contributed by atoms with E-state index in [1.165, 1.54) is 5.39 Å². The molecular weight excluding hydrogens is 408 g/mol. The van der Waals surface area contributed by atoms with Crippen molar-refractivity contribution in [3.8, 4) is 17.2 Å². The van der Waals surface area contributed by atoms with Crippen molar-refractivity contribution in [3.05, 3.63) is 109 Å². The van der Waals surface area contributed by atoms with E-state index < -0.39 is 0 Å². The molecular formula is C28H18N4O. The first-order chi connectivity index (χ1) is 16.3. The second kappa shape index (κ2) is 6.93. The van der Waals surface area contributed by atoms with E-state index in [1.807, 2.05) is 60.7 Å². The van der Waals surface area contributed by atoms with Gasteiger partial charge in [-0.25, -0.2) is 0 Å². The lowest BCUT2D eigenvalue weighted by Crippen LogP contribution is -2.15. The van der Waals surface area contributed by atoms with Crippen molar-refractivity contribution in [2.24, 2.45) is 0 Å². The fourth-order valence-electron chi connectivity index (χ4n) is 4.52. The molecule has 0 atom stereocenters. The Kier molecular flexibility index (Phi) is 3.78. The number of fused-ring (bicyclic) bond motifs is 4. The van der Waals surface area contributed by atoms with Crippen molar-refractivity contribution in [1.82, 2.24) is 15.0 Å². The molecule has 0 unspecified atom stereocenters. The number of rotatable bonds is 2. The first-order valence-electron chi connectivity index (χ1n) is 10.9. The van der Waals surface area contributed by atoms with E-state index in [9.17, 15) is 0 Å². The van der Waals surface area contributed by atoms with E-state index in [1.54, 1.807) is 4.80 Å². The summed E-state index contributed by atoms with van der Waals surface area (Å²) < 4.78 is 6.15. The largest absolute Gasteiger partial charge is 0.453 e. The van der Waals surface area contributed by atoms with Crippen LogP contribution < -0.4 is 9.64 Å². The number of anilines is 3. The summed E-state index contributed by atoms with van der Waals surface area (Å²) in [5.41, 5.74) is 5.65. The molecule has 0 amide bonds. The van der Waals surface area contributed by atoms with Crippen LogP contribution in [0.2, 0.25) is 0 Å². The molecule has 156 valence electrons. The Balaban J connectivity index is 1.39. The minimum atomic E-state index is 0.829. The van der Waals surface area contributed by atoms with Gasteiger partial charge in [-0.05, 0) is 53.9 Å². The van der Waals surface area contributed by atoms with Crippen molar-refractivity contribution in [3.63, 3.8) is 0 Å². The van der Waals surface area contributed by atoms with Gasteiger partial charge in [-0.2, -0.15) is 0 Å². The van der Waals surface area contributed by atoms with Gasteiger partial charge in [0, 0.05) is 11.1 Å². The number of nitrogens with zero attached hydrogens (tertiary/aromatic N) is 4. The van der Waals surface area contributed by atoms with Crippen molar-refractivity contribution in [1.29, 1.82) is 0 Å². The fourth-order valence-corrected chi connectivity index (χ4v) is 4.52. The Morgan fingerprint density at radius 3 is 2.00 bits per heavy atom. The normalized spacial score (nSPS) is 12.4. The Morgan fingerprint density at radius 2 is 1.18 bits per heavy atom. The quantitative estimate of drug-likeness (QED) is 0.294. The second-order valence-corrected chi connectivity index (χ2v) is 8.03. The fraction of sp³-hybridized carbons (Fsp3) is 0. The molecule has 5 nitrogen and oxygen atoms in total. The van der Waals surface area contributed by atoms with Gasteiger partial charge in [0.05, 0.1) is 17.1 Å². The van der Waals surface area contributed by atoms with Gasteiger partial charge in [0.25, 0.3) is 0 Å². The summed E-state index contributed by atoms with van der Waals surface area (Å²) in [7, 11) is 0. The van der Waals surface area contributed by atoms with Crippen LogP contribution >= 0.6 is 0 Å². The number of hydrogen-bond acceptors (Lipinski definition) is 4. The molecule has 0 N–H and O–H groups in total. The maximum absolute atomic E-state index is 6.15. The highest BCUT2D eigenvalue weighted by Crippen LogP contribution is 2.50. The van der Waals surface area contributed by atoms with Crippen molar-refractivity contribution in [2.75, 3.05) is 4.90 Å². The molecule has 6 aromatic rings. The van der Waals surface area contributed by atoms with Crippen molar-refractivity contribution >= 4 is 38.9 Å². The third kappa shape index (κ3) is 2.79. The molecule has 7 rings (SSSR count). The van der Waals surface area contributed by atoms with Gasteiger partial charge in [0.1, 0.15) is 11.0 Å². The first-order valence-corrected chi connectivity index (χ1v) is 10.9. The second-order valence-electron chi connectivity index (χ2n) is 8.03. The molecule has 0 radical (unpaired) electrons. The summed E-state index contributed by atoms with van der Waals surface area (Å²) in [5.74, 6) is 1.66. The smallest absolute Gasteiger partial charge is 0.151 e. The van der Waals surface area contributed by atoms with E-state index in [4.69, 9.17) is 14.9 Å². The Bertz CT molecular complexity index is 1620. The van der Waals surface area contributed by atoms with Gasteiger partial charge in [0.15, 0.2) is 11.5 Å². The van der Waals surface area contributed by atoms with E-state index in [0.29, 0.717) is 0 Å². The zero-order chi connectivity index (χ0) is 21.8. The predicted molar refractivity (Wildman–Crippen MR) is 131 cm³/mol. The van der Waals surface area contributed by atoms with Crippen molar-refractivity contribution < 1.29 is 4.74 Å². The molecule has 1 aromatic heterocycles. The van der Waals surface area contributed by atoms with Gasteiger partial charge in [0.2, 0.25) is 0 Å². The highest BCUT2D eigenvalue weighted by molar-refractivity contribution is 5.92. The molecule has 1 aliphatic rings. The van der Waals surface area contributed by atoms with Gasteiger partial charge in [-0.3, -0.25) is 0 Å². The molecule has 33 heavy (non-hydrogen) atoms. The summed E-state index contributed by atoms with van der Waals surface area (Å²) in [6, 6.07) is 36.9. The van der Waals surface area contributed by atoms with Crippen molar-refractivity contribution in [2.45, 2.75) is 0 Å². The molecule has 5 heteroatoms. The van der Waals surface area contributed by atoms with E-state index in [0.717, 1.165) is 50.7 Å². The lowest BCUT2D eigenvalue weighted by atomic mass is 10.1. The maximum Gasteiger partial charge on any atom is 0.151 e. The Morgan fingerprint density at radius 1 is 0.545 bits per heavy atom. The summed E-state index contributed by atoms with van der Waals surface area (Å²) in [6.45, 7) is 0. The van der Waals surface area contributed by atoms with Gasteiger partial charge < -0.3 is 9.64 Å². The monoisotopic (exact) mass is 426 g/mol. The molecule has 0 fully saturated rings. The predicted octanol–water partition coefficient (Wildman–Crippen LogP) is 7.15. The average molecular weight is 426 g/mol. The topological polar surface area (TPSA) is 43.2 Å². The molecule has 0 bridgehead atoms. The third-order valence-corrected chi connectivity index (χ3v) is 6.04. The first kappa shape index (κ1) is 18.0. The third-order valence-electron chi connectivity index (χ3n) is 6.04. The number of hydrogen-bond donors (Lipinski definition) is 0. The zero-order valence-corrected chi connectivity index (χ0v) is 17.6. The minimum absolute atomic E-state index is 0.829. The van der Waals surface area contributed by atoms with Crippen LogP contribution in [0.4, 0.5) is 17.1 Å². The highest BCUT2D eigenvalue weighted by Gasteiger charge is 2.25. The van der Waals surface area contributed by atoms with Gasteiger partial charge >= 0.3 is 0 Å². The molecule has 0 saturated carbocycles. The van der Waals surface area contributed by atoms with Crippen LogP contribution in [-0.4, -0.2) is 15.0 Å². The number of benzene rings is 5. The Labute approximate surface area is 190 Å². The van der Waals surface area contributed by atoms with Crippen LogP contribution in [-0.2, 0) is 0 Å². The Hall–Kier alpha value is -4.64. The van der Waals surface area contributed by atoms with Crippen LogP contribution in [0, 0.1) is 0 Å². The van der Waals surface area contributed by atoms with Crippen LogP contribution in [0.15, 0.2) is 109 Å². The highest BCUT2D eigenvalue weighted by atomic mass is 16.5. The van der Waals surface area contributed by atoms with E-state index in [2.05, 4.69) is 53.4 Å². The lowest BCUT2D eigenvalue weighted by molar-refractivity contribution is 0.477. The van der Waals surface area contributed by atoms with E-state index in [-0.39, 0.29) is 0 Å². The standard InChI is InChI=1S/C28H18N4O/c1-2-10-21-19(8-1)9-7-13-24(21)32-29-22-17-16-20(18-23(22)30-32)31-25-11-3-5-14-27(25)33-28-15-6-4-12-26(28)31/h1-18H. The number of para-hydroxylation sites is 4. The van der Waals surface area contributed by atoms with Crippen LogP contribution in [0.3, 0.4) is 0 Å².